The predicted octanol–water partition coefficient (Wildman–Crippen LogP) is 3.50. The molecule has 0 saturated heterocycles. The summed E-state index contributed by atoms with van der Waals surface area (Å²) in [7, 11) is 1.67. The predicted molar refractivity (Wildman–Crippen MR) is 79.9 cm³/mol. The van der Waals surface area contributed by atoms with Crippen molar-refractivity contribution >= 4 is 22.6 Å². The van der Waals surface area contributed by atoms with Crippen molar-refractivity contribution in [1.82, 2.24) is 9.38 Å². The van der Waals surface area contributed by atoms with Gasteiger partial charge in [0.15, 0.2) is 11.2 Å². The average Bonchev–Trinajstić information content (AvgIpc) is 2.94. The lowest BCUT2D eigenvalue weighted by molar-refractivity contribution is 0.111. The first kappa shape index (κ1) is 12.9. The molecule has 1 aromatic carbocycles. The molecular weight excluding hydrogens is 272 g/mol. The van der Waals surface area contributed by atoms with Crippen molar-refractivity contribution in [1.29, 1.82) is 0 Å². The van der Waals surface area contributed by atoms with E-state index in [2.05, 4.69) is 18.0 Å². The lowest BCUT2D eigenvalue weighted by atomic mass is 10.1. The Labute approximate surface area is 120 Å². The van der Waals surface area contributed by atoms with E-state index in [4.69, 9.17) is 4.74 Å². The van der Waals surface area contributed by atoms with Crippen molar-refractivity contribution in [2.24, 2.45) is 0 Å². The Morgan fingerprint density at radius 2 is 2.15 bits per heavy atom. The Kier molecular flexibility index (Phi) is 3.06. The summed E-state index contributed by atoms with van der Waals surface area (Å²) >= 11 is 1.59. The molecule has 0 aliphatic rings. The molecule has 0 bridgehead atoms. The van der Waals surface area contributed by atoms with Gasteiger partial charge in [0.05, 0.1) is 12.8 Å². The van der Waals surface area contributed by atoms with Gasteiger partial charge in [0.25, 0.3) is 0 Å². The fourth-order valence-electron chi connectivity index (χ4n) is 2.39. The van der Waals surface area contributed by atoms with Gasteiger partial charge in [-0.3, -0.25) is 9.20 Å². The van der Waals surface area contributed by atoms with Gasteiger partial charge in [0, 0.05) is 16.6 Å². The fourth-order valence-corrected chi connectivity index (χ4v) is 3.37. The van der Waals surface area contributed by atoms with Crippen LogP contribution in [-0.4, -0.2) is 22.8 Å². The second-order valence-corrected chi connectivity index (χ2v) is 5.81. The fraction of sp³-hybridized carbons (Fsp3) is 0.200. The van der Waals surface area contributed by atoms with Crippen LogP contribution in [0.2, 0.25) is 0 Å². The van der Waals surface area contributed by atoms with E-state index in [1.165, 1.54) is 4.88 Å². The van der Waals surface area contributed by atoms with Crippen molar-refractivity contribution in [2.45, 2.75) is 13.8 Å². The van der Waals surface area contributed by atoms with Crippen LogP contribution >= 0.6 is 11.3 Å². The largest absolute Gasteiger partial charge is 0.496 e. The highest BCUT2D eigenvalue weighted by Gasteiger charge is 2.14. The van der Waals surface area contributed by atoms with E-state index < -0.39 is 0 Å². The number of aryl methyl sites for hydroxylation is 2. The van der Waals surface area contributed by atoms with E-state index in [9.17, 15) is 4.79 Å². The molecule has 0 saturated carbocycles. The number of carbonyl (C=O) groups is 1. The molecule has 0 aliphatic heterocycles. The summed E-state index contributed by atoms with van der Waals surface area (Å²) in [5.41, 5.74) is 3.72. The van der Waals surface area contributed by atoms with Crippen LogP contribution in [0.25, 0.3) is 16.2 Å². The highest BCUT2D eigenvalue weighted by atomic mass is 32.1. The second-order valence-electron chi connectivity index (χ2n) is 4.63. The third-order valence-corrected chi connectivity index (χ3v) is 4.27. The molecule has 4 nitrogen and oxygen atoms in total. The number of carbonyl (C=O) groups excluding carboxylic acids is 1. The first-order chi connectivity index (χ1) is 9.63. The van der Waals surface area contributed by atoms with Crippen molar-refractivity contribution in [3.8, 4) is 17.0 Å². The van der Waals surface area contributed by atoms with E-state index in [0.717, 1.165) is 33.8 Å². The van der Waals surface area contributed by atoms with Gasteiger partial charge in [-0.05, 0) is 37.6 Å². The first-order valence-electron chi connectivity index (χ1n) is 6.22. The Bertz CT molecular complexity index is 802. The van der Waals surface area contributed by atoms with Crippen LogP contribution < -0.4 is 4.74 Å². The summed E-state index contributed by atoms with van der Waals surface area (Å²) in [5, 5.41) is 0. The SMILES string of the molecule is COc1ccc(-c2c(C)sc3nc(C=O)cn23)cc1C. The molecule has 102 valence electrons. The number of imidazole rings is 1. The van der Waals surface area contributed by atoms with Crippen LogP contribution in [-0.2, 0) is 0 Å². The van der Waals surface area contributed by atoms with Crippen molar-refractivity contribution in [3.63, 3.8) is 0 Å². The van der Waals surface area contributed by atoms with Crippen molar-refractivity contribution in [3.05, 3.63) is 40.5 Å². The zero-order valence-corrected chi connectivity index (χ0v) is 12.3. The zero-order valence-electron chi connectivity index (χ0n) is 11.5. The standard InChI is InChI=1S/C15H14N2O2S/c1-9-6-11(4-5-13(9)19-3)14-10(2)20-15-16-12(8-18)7-17(14)15/h4-8H,1-3H3. The highest BCUT2D eigenvalue weighted by Crippen LogP contribution is 2.33. The molecule has 5 heteroatoms. The smallest absolute Gasteiger partial charge is 0.195 e. The summed E-state index contributed by atoms with van der Waals surface area (Å²) in [6.45, 7) is 4.08. The number of benzene rings is 1. The van der Waals surface area contributed by atoms with Crippen molar-refractivity contribution < 1.29 is 9.53 Å². The lowest BCUT2D eigenvalue weighted by Crippen LogP contribution is -1.90. The van der Waals surface area contributed by atoms with Gasteiger partial charge in [-0.25, -0.2) is 4.98 Å². The molecule has 20 heavy (non-hydrogen) atoms. The lowest BCUT2D eigenvalue weighted by Gasteiger charge is -2.07. The number of fused-ring (bicyclic) bond motifs is 1. The quantitative estimate of drug-likeness (QED) is 0.692. The van der Waals surface area contributed by atoms with E-state index in [1.54, 1.807) is 24.6 Å². The van der Waals surface area contributed by atoms with E-state index >= 15 is 0 Å². The molecule has 0 aliphatic carbocycles. The number of ether oxygens (including phenoxy) is 1. The second kappa shape index (κ2) is 4.76. The number of rotatable bonds is 3. The van der Waals surface area contributed by atoms with Gasteiger partial charge in [-0.15, -0.1) is 11.3 Å². The maximum Gasteiger partial charge on any atom is 0.195 e. The zero-order chi connectivity index (χ0) is 14.3. The molecule has 0 atom stereocenters. The van der Waals surface area contributed by atoms with Gasteiger partial charge >= 0.3 is 0 Å². The van der Waals surface area contributed by atoms with Crippen molar-refractivity contribution in [2.75, 3.05) is 7.11 Å². The molecular formula is C15H14N2O2S. The van der Waals surface area contributed by atoms with Crippen LogP contribution in [0.15, 0.2) is 24.4 Å². The molecule has 2 aromatic heterocycles. The van der Waals surface area contributed by atoms with Crippen LogP contribution in [0.5, 0.6) is 5.75 Å². The molecule has 0 radical (unpaired) electrons. The Morgan fingerprint density at radius 1 is 1.35 bits per heavy atom. The number of hydrogen-bond donors (Lipinski definition) is 0. The normalized spacial score (nSPS) is 10.9. The Hall–Kier alpha value is -2.14. The molecule has 0 amide bonds. The molecule has 0 unspecified atom stereocenters. The summed E-state index contributed by atoms with van der Waals surface area (Å²) in [5.74, 6) is 0.872. The maximum atomic E-state index is 10.9. The molecule has 3 aromatic rings. The summed E-state index contributed by atoms with van der Waals surface area (Å²) in [6.07, 6.45) is 2.55. The molecule has 0 spiro atoms. The number of thiazole rings is 1. The number of aldehydes is 1. The van der Waals surface area contributed by atoms with Gasteiger partial charge in [0.1, 0.15) is 11.4 Å². The van der Waals surface area contributed by atoms with E-state index in [-0.39, 0.29) is 0 Å². The minimum atomic E-state index is 0.461. The highest BCUT2D eigenvalue weighted by molar-refractivity contribution is 7.17. The van der Waals surface area contributed by atoms with Crippen LogP contribution in [0.3, 0.4) is 0 Å². The van der Waals surface area contributed by atoms with Gasteiger partial charge in [0.2, 0.25) is 0 Å². The third kappa shape index (κ3) is 1.91. The third-order valence-electron chi connectivity index (χ3n) is 3.30. The molecule has 0 N–H and O–H groups in total. The number of nitrogens with zero attached hydrogens (tertiary/aromatic N) is 2. The van der Waals surface area contributed by atoms with Gasteiger partial charge < -0.3 is 4.74 Å². The van der Waals surface area contributed by atoms with Gasteiger partial charge in [-0.2, -0.15) is 0 Å². The number of aromatic nitrogens is 2. The minimum Gasteiger partial charge on any atom is -0.496 e. The topological polar surface area (TPSA) is 43.6 Å². The summed E-state index contributed by atoms with van der Waals surface area (Å²) in [4.78, 5) is 17.2. The molecule has 2 heterocycles. The van der Waals surface area contributed by atoms with Crippen LogP contribution in [0, 0.1) is 13.8 Å². The molecule has 0 fully saturated rings. The van der Waals surface area contributed by atoms with Crippen LogP contribution in [0.4, 0.5) is 0 Å². The first-order valence-corrected chi connectivity index (χ1v) is 7.04. The van der Waals surface area contributed by atoms with E-state index in [0.29, 0.717) is 5.69 Å². The Morgan fingerprint density at radius 3 is 2.80 bits per heavy atom. The summed E-state index contributed by atoms with van der Waals surface area (Å²) < 4.78 is 7.27. The number of methoxy groups -OCH3 is 1. The number of hydrogen-bond acceptors (Lipinski definition) is 4. The molecule has 3 rings (SSSR count). The van der Waals surface area contributed by atoms with E-state index in [1.807, 2.05) is 23.5 Å². The summed E-state index contributed by atoms with van der Waals surface area (Å²) in [6, 6.07) is 6.08. The Balaban J connectivity index is 2.22. The van der Waals surface area contributed by atoms with Gasteiger partial charge in [-0.1, -0.05) is 0 Å². The monoisotopic (exact) mass is 286 g/mol. The average molecular weight is 286 g/mol. The maximum absolute atomic E-state index is 10.9. The van der Waals surface area contributed by atoms with Crippen LogP contribution in [0.1, 0.15) is 20.9 Å². The minimum absolute atomic E-state index is 0.461.